The number of hydrogen-bond acceptors (Lipinski definition) is 1. The molecule has 1 aromatic rings. The predicted molar refractivity (Wildman–Crippen MR) is 74.0 cm³/mol. The molecule has 0 aliphatic rings. The average molecular weight is 234 g/mol. The van der Waals surface area contributed by atoms with Crippen molar-refractivity contribution in [1.29, 1.82) is 0 Å². The Bertz CT molecular complexity index is 310. The summed E-state index contributed by atoms with van der Waals surface area (Å²) in [5.74, 6) is 0.578. The maximum Gasteiger partial charge on any atom is 0.0583 e. The highest BCUT2D eigenvalue weighted by atomic mass is 16.3. The van der Waals surface area contributed by atoms with E-state index in [0.717, 1.165) is 12.8 Å². The second-order valence-electron chi connectivity index (χ2n) is 6.45. The molecule has 2 atom stereocenters. The summed E-state index contributed by atoms with van der Waals surface area (Å²) in [6.45, 7) is 9.01. The molecule has 0 radical (unpaired) electrons. The molecule has 0 bridgehead atoms. The Hall–Kier alpha value is -0.820. The summed E-state index contributed by atoms with van der Waals surface area (Å²) in [4.78, 5) is 0. The van der Waals surface area contributed by atoms with Crippen molar-refractivity contribution in [3.05, 3.63) is 35.9 Å². The molecule has 96 valence electrons. The Morgan fingerprint density at radius 3 is 2.24 bits per heavy atom. The maximum atomic E-state index is 10.1. The minimum atomic E-state index is -0.213. The second-order valence-corrected chi connectivity index (χ2v) is 6.45. The van der Waals surface area contributed by atoms with Gasteiger partial charge in [0.1, 0.15) is 0 Å². The molecule has 1 N–H and O–H groups in total. The number of hydrogen-bond donors (Lipinski definition) is 1. The van der Waals surface area contributed by atoms with E-state index >= 15 is 0 Å². The number of aliphatic hydroxyl groups excluding tert-OH is 1. The van der Waals surface area contributed by atoms with Gasteiger partial charge in [-0.2, -0.15) is 0 Å². The van der Waals surface area contributed by atoms with E-state index in [1.54, 1.807) is 0 Å². The van der Waals surface area contributed by atoms with Crippen LogP contribution in [0.4, 0.5) is 0 Å². The monoisotopic (exact) mass is 234 g/mol. The van der Waals surface area contributed by atoms with E-state index in [4.69, 9.17) is 0 Å². The van der Waals surface area contributed by atoms with E-state index in [0.29, 0.717) is 11.3 Å². The van der Waals surface area contributed by atoms with E-state index in [1.807, 2.05) is 18.2 Å². The first-order chi connectivity index (χ1) is 7.87. The highest BCUT2D eigenvalue weighted by molar-refractivity contribution is 5.15. The van der Waals surface area contributed by atoms with Crippen molar-refractivity contribution in [3.63, 3.8) is 0 Å². The molecular weight excluding hydrogens is 208 g/mol. The van der Waals surface area contributed by atoms with Gasteiger partial charge in [0, 0.05) is 0 Å². The minimum Gasteiger partial charge on any atom is -0.393 e. The normalized spacial score (nSPS) is 15.6. The maximum absolute atomic E-state index is 10.1. The number of benzene rings is 1. The average Bonchev–Trinajstić information content (AvgIpc) is 2.15. The topological polar surface area (TPSA) is 20.2 Å². The Labute approximate surface area is 106 Å². The zero-order valence-electron chi connectivity index (χ0n) is 11.6. The van der Waals surface area contributed by atoms with E-state index in [1.165, 1.54) is 12.0 Å². The summed E-state index contributed by atoms with van der Waals surface area (Å²) in [5, 5.41) is 10.1. The van der Waals surface area contributed by atoms with Gasteiger partial charge in [0.05, 0.1) is 6.10 Å². The van der Waals surface area contributed by atoms with Crippen molar-refractivity contribution >= 4 is 0 Å². The number of aliphatic hydroxyl groups is 1. The molecule has 0 spiro atoms. The van der Waals surface area contributed by atoms with Gasteiger partial charge in [-0.05, 0) is 36.2 Å². The van der Waals surface area contributed by atoms with Crippen LogP contribution in [0.3, 0.4) is 0 Å². The molecular formula is C16H26O. The Morgan fingerprint density at radius 2 is 1.71 bits per heavy atom. The molecule has 0 fully saturated rings. The molecule has 1 nitrogen and oxygen atoms in total. The van der Waals surface area contributed by atoms with Gasteiger partial charge in [0.2, 0.25) is 0 Å². The molecule has 1 aromatic carbocycles. The fourth-order valence-electron chi connectivity index (χ4n) is 2.56. The standard InChI is InChI=1S/C16H26O/c1-13(12-16(2,3)4)10-15(17)11-14-8-6-5-7-9-14/h5-9,13,15,17H,10-12H2,1-4H3. The Morgan fingerprint density at radius 1 is 1.12 bits per heavy atom. The summed E-state index contributed by atoms with van der Waals surface area (Å²) in [7, 11) is 0. The summed E-state index contributed by atoms with van der Waals surface area (Å²) in [6, 6.07) is 10.2. The first kappa shape index (κ1) is 14.2. The summed E-state index contributed by atoms with van der Waals surface area (Å²) in [6.07, 6.45) is 2.62. The largest absolute Gasteiger partial charge is 0.393 e. The van der Waals surface area contributed by atoms with Gasteiger partial charge >= 0.3 is 0 Å². The fraction of sp³-hybridized carbons (Fsp3) is 0.625. The third kappa shape index (κ3) is 6.48. The van der Waals surface area contributed by atoms with Crippen molar-refractivity contribution in [2.75, 3.05) is 0 Å². The Balaban J connectivity index is 2.37. The van der Waals surface area contributed by atoms with Gasteiger partial charge in [0.15, 0.2) is 0 Å². The van der Waals surface area contributed by atoms with E-state index in [2.05, 4.69) is 39.8 Å². The zero-order valence-corrected chi connectivity index (χ0v) is 11.6. The van der Waals surface area contributed by atoms with Gasteiger partial charge in [0.25, 0.3) is 0 Å². The molecule has 0 heterocycles. The predicted octanol–water partition coefficient (Wildman–Crippen LogP) is 4.05. The van der Waals surface area contributed by atoms with E-state index < -0.39 is 0 Å². The first-order valence-corrected chi connectivity index (χ1v) is 6.59. The van der Waals surface area contributed by atoms with Crippen molar-refractivity contribution in [1.82, 2.24) is 0 Å². The van der Waals surface area contributed by atoms with Crippen LogP contribution in [0.1, 0.15) is 46.1 Å². The lowest BCUT2D eigenvalue weighted by atomic mass is 9.83. The molecule has 0 amide bonds. The molecule has 1 heteroatoms. The lowest BCUT2D eigenvalue weighted by Gasteiger charge is -2.24. The van der Waals surface area contributed by atoms with Crippen molar-refractivity contribution in [2.24, 2.45) is 11.3 Å². The smallest absolute Gasteiger partial charge is 0.0583 e. The van der Waals surface area contributed by atoms with Crippen LogP contribution in [0.5, 0.6) is 0 Å². The highest BCUT2D eigenvalue weighted by Gasteiger charge is 2.18. The van der Waals surface area contributed by atoms with Crippen molar-refractivity contribution in [3.8, 4) is 0 Å². The van der Waals surface area contributed by atoms with Crippen LogP contribution in [-0.4, -0.2) is 11.2 Å². The van der Waals surface area contributed by atoms with Crippen LogP contribution < -0.4 is 0 Å². The SMILES string of the molecule is CC(CC(O)Cc1ccccc1)CC(C)(C)C. The third-order valence-electron chi connectivity index (χ3n) is 2.95. The van der Waals surface area contributed by atoms with Crippen molar-refractivity contribution < 1.29 is 5.11 Å². The molecule has 0 aliphatic heterocycles. The van der Waals surface area contributed by atoms with Crippen LogP contribution in [0.15, 0.2) is 30.3 Å². The molecule has 2 unspecified atom stereocenters. The summed E-state index contributed by atoms with van der Waals surface area (Å²) < 4.78 is 0. The van der Waals surface area contributed by atoms with Gasteiger partial charge in [-0.3, -0.25) is 0 Å². The lowest BCUT2D eigenvalue weighted by Crippen LogP contribution is -2.18. The van der Waals surface area contributed by atoms with Crippen LogP contribution >= 0.6 is 0 Å². The molecule has 1 rings (SSSR count). The molecule has 0 aromatic heterocycles. The van der Waals surface area contributed by atoms with Crippen LogP contribution in [0.2, 0.25) is 0 Å². The Kier molecular flexibility index (Phi) is 5.20. The van der Waals surface area contributed by atoms with Crippen LogP contribution in [0, 0.1) is 11.3 Å². The second kappa shape index (κ2) is 6.20. The van der Waals surface area contributed by atoms with Crippen LogP contribution in [0.25, 0.3) is 0 Å². The van der Waals surface area contributed by atoms with Gasteiger partial charge < -0.3 is 5.11 Å². The van der Waals surface area contributed by atoms with Crippen molar-refractivity contribution in [2.45, 2.75) is 53.1 Å². The fourth-order valence-corrected chi connectivity index (χ4v) is 2.56. The summed E-state index contributed by atoms with van der Waals surface area (Å²) in [5.41, 5.74) is 1.58. The quantitative estimate of drug-likeness (QED) is 0.815. The highest BCUT2D eigenvalue weighted by Crippen LogP contribution is 2.27. The number of rotatable bonds is 5. The lowest BCUT2D eigenvalue weighted by molar-refractivity contribution is 0.133. The minimum absolute atomic E-state index is 0.213. The molecule has 17 heavy (non-hydrogen) atoms. The molecule has 0 saturated carbocycles. The zero-order chi connectivity index (χ0) is 12.9. The van der Waals surface area contributed by atoms with Gasteiger partial charge in [-0.25, -0.2) is 0 Å². The van der Waals surface area contributed by atoms with Gasteiger partial charge in [-0.1, -0.05) is 58.0 Å². The molecule has 0 saturated heterocycles. The third-order valence-corrected chi connectivity index (χ3v) is 2.95. The van der Waals surface area contributed by atoms with E-state index in [9.17, 15) is 5.11 Å². The van der Waals surface area contributed by atoms with Crippen LogP contribution in [-0.2, 0) is 6.42 Å². The van der Waals surface area contributed by atoms with E-state index in [-0.39, 0.29) is 6.10 Å². The first-order valence-electron chi connectivity index (χ1n) is 6.59. The summed E-state index contributed by atoms with van der Waals surface area (Å²) >= 11 is 0. The van der Waals surface area contributed by atoms with Gasteiger partial charge in [-0.15, -0.1) is 0 Å². The molecule has 0 aliphatic carbocycles.